The number of aliphatic carboxylic acids is 1. The summed E-state index contributed by atoms with van der Waals surface area (Å²) in [6.45, 7) is 0. The third-order valence-corrected chi connectivity index (χ3v) is 3.44. The smallest absolute Gasteiger partial charge is 0.330 e. The predicted octanol–water partition coefficient (Wildman–Crippen LogP) is 4.08. The molecule has 3 aromatic carbocycles. The maximum absolute atomic E-state index is 11.5. The number of hydrogen-bond donors (Lipinski definition) is 2. The van der Waals surface area contributed by atoms with Crippen LogP contribution in [0.4, 0.5) is 5.69 Å². The zero-order valence-corrected chi connectivity index (χ0v) is 11.4. The second kappa shape index (κ2) is 5.67. The summed E-state index contributed by atoms with van der Waals surface area (Å²) in [5, 5.41) is 14.7. The van der Waals surface area contributed by atoms with Crippen LogP contribution in [0.2, 0.25) is 0 Å². The molecule has 21 heavy (non-hydrogen) atoms. The van der Waals surface area contributed by atoms with Crippen LogP contribution in [0.3, 0.4) is 0 Å². The normalized spacial score (nSPS) is 12.0. The van der Waals surface area contributed by atoms with E-state index in [0.717, 1.165) is 22.0 Å². The van der Waals surface area contributed by atoms with Crippen molar-refractivity contribution >= 4 is 22.4 Å². The molecule has 0 saturated carbocycles. The maximum atomic E-state index is 11.5. The van der Waals surface area contributed by atoms with Gasteiger partial charge in [-0.15, -0.1) is 0 Å². The minimum Gasteiger partial charge on any atom is -0.479 e. The van der Waals surface area contributed by atoms with Crippen LogP contribution in [0.25, 0.3) is 10.8 Å². The van der Waals surface area contributed by atoms with Crippen molar-refractivity contribution in [2.75, 3.05) is 5.32 Å². The summed E-state index contributed by atoms with van der Waals surface area (Å²) in [5.41, 5.74) is 1.53. The molecule has 3 aromatic rings. The number of nitrogens with one attached hydrogen (secondary N) is 1. The fourth-order valence-electron chi connectivity index (χ4n) is 2.38. The summed E-state index contributed by atoms with van der Waals surface area (Å²) in [5.74, 6) is -0.894. The van der Waals surface area contributed by atoms with Gasteiger partial charge in [-0.2, -0.15) is 0 Å². The van der Waals surface area contributed by atoms with E-state index in [4.69, 9.17) is 0 Å². The lowest BCUT2D eigenvalue weighted by molar-refractivity contribution is -0.138. The Morgan fingerprint density at radius 3 is 2.24 bits per heavy atom. The number of carbonyl (C=O) groups is 1. The fraction of sp³-hybridized carbons (Fsp3) is 0.0556. The molecule has 0 heterocycles. The highest BCUT2D eigenvalue weighted by Crippen LogP contribution is 2.23. The number of fused-ring (bicyclic) bond motifs is 1. The van der Waals surface area contributed by atoms with Gasteiger partial charge >= 0.3 is 5.97 Å². The summed E-state index contributed by atoms with van der Waals surface area (Å²) >= 11 is 0. The highest BCUT2D eigenvalue weighted by atomic mass is 16.4. The molecular formula is C18H15NO2. The minimum atomic E-state index is -0.894. The van der Waals surface area contributed by atoms with Crippen LogP contribution in [0.1, 0.15) is 11.6 Å². The Hall–Kier alpha value is -2.81. The van der Waals surface area contributed by atoms with Gasteiger partial charge in [0.1, 0.15) is 0 Å². The summed E-state index contributed by atoms with van der Waals surface area (Å²) in [6.07, 6.45) is 0. The van der Waals surface area contributed by atoms with Crippen LogP contribution < -0.4 is 5.32 Å². The molecule has 0 spiro atoms. The number of benzene rings is 3. The molecule has 3 nitrogen and oxygen atoms in total. The van der Waals surface area contributed by atoms with Crippen molar-refractivity contribution in [2.45, 2.75) is 6.04 Å². The minimum absolute atomic E-state index is 0.734. The van der Waals surface area contributed by atoms with Crippen molar-refractivity contribution in [3.8, 4) is 0 Å². The van der Waals surface area contributed by atoms with Crippen molar-refractivity contribution in [3.05, 3.63) is 78.4 Å². The molecule has 104 valence electrons. The van der Waals surface area contributed by atoms with Gasteiger partial charge in [0.05, 0.1) is 0 Å². The van der Waals surface area contributed by atoms with Gasteiger partial charge in [-0.05, 0) is 28.5 Å². The molecule has 1 unspecified atom stereocenters. The molecule has 0 aliphatic rings. The first kappa shape index (κ1) is 13.2. The first-order chi connectivity index (χ1) is 10.2. The number of carboxylic acid groups (broad SMARTS) is 1. The highest BCUT2D eigenvalue weighted by molar-refractivity contribution is 5.87. The molecule has 0 fully saturated rings. The molecule has 0 saturated heterocycles. The molecule has 2 N–H and O–H groups in total. The summed E-state index contributed by atoms with van der Waals surface area (Å²) in [4.78, 5) is 11.5. The summed E-state index contributed by atoms with van der Waals surface area (Å²) in [7, 11) is 0. The van der Waals surface area contributed by atoms with E-state index in [0.29, 0.717) is 0 Å². The molecule has 3 heteroatoms. The Morgan fingerprint density at radius 1 is 0.857 bits per heavy atom. The Bertz CT molecular complexity index is 768. The second-order valence-electron chi connectivity index (χ2n) is 4.89. The van der Waals surface area contributed by atoms with E-state index in [2.05, 4.69) is 5.32 Å². The lowest BCUT2D eigenvalue weighted by Crippen LogP contribution is -2.20. The molecule has 0 aliphatic carbocycles. The lowest BCUT2D eigenvalue weighted by Gasteiger charge is -2.16. The topological polar surface area (TPSA) is 49.3 Å². The zero-order chi connectivity index (χ0) is 14.7. The van der Waals surface area contributed by atoms with Crippen molar-refractivity contribution in [2.24, 2.45) is 0 Å². The average molecular weight is 277 g/mol. The Labute approximate surface area is 122 Å². The highest BCUT2D eigenvalue weighted by Gasteiger charge is 2.19. The molecule has 0 aliphatic heterocycles. The zero-order valence-electron chi connectivity index (χ0n) is 11.4. The molecule has 1 atom stereocenters. The quantitative estimate of drug-likeness (QED) is 0.755. The number of anilines is 1. The van der Waals surface area contributed by atoms with Crippen LogP contribution in [-0.4, -0.2) is 11.1 Å². The van der Waals surface area contributed by atoms with Crippen LogP contribution in [-0.2, 0) is 4.79 Å². The van der Waals surface area contributed by atoms with E-state index >= 15 is 0 Å². The fourth-order valence-corrected chi connectivity index (χ4v) is 2.38. The van der Waals surface area contributed by atoms with Crippen molar-refractivity contribution in [1.82, 2.24) is 0 Å². The molecule has 3 rings (SSSR count). The van der Waals surface area contributed by atoms with Gasteiger partial charge in [-0.25, -0.2) is 4.79 Å². The second-order valence-corrected chi connectivity index (χ2v) is 4.89. The number of rotatable bonds is 4. The van der Waals surface area contributed by atoms with E-state index < -0.39 is 12.0 Å². The molecule has 0 bridgehead atoms. The predicted molar refractivity (Wildman–Crippen MR) is 84.4 cm³/mol. The SMILES string of the molecule is O=C(O)C(Nc1ccc2ccccc2c1)c1ccccc1. The van der Waals surface area contributed by atoms with E-state index in [1.807, 2.05) is 72.8 Å². The average Bonchev–Trinajstić information content (AvgIpc) is 2.53. The largest absolute Gasteiger partial charge is 0.479 e. The van der Waals surface area contributed by atoms with Crippen molar-refractivity contribution < 1.29 is 9.90 Å². The van der Waals surface area contributed by atoms with Crippen molar-refractivity contribution in [3.63, 3.8) is 0 Å². The van der Waals surface area contributed by atoms with Gasteiger partial charge in [-0.3, -0.25) is 0 Å². The molecule has 0 amide bonds. The Kier molecular flexibility index (Phi) is 3.56. The van der Waals surface area contributed by atoms with Crippen LogP contribution in [0.5, 0.6) is 0 Å². The van der Waals surface area contributed by atoms with Gasteiger partial charge in [0.2, 0.25) is 0 Å². The van der Waals surface area contributed by atoms with Gasteiger partial charge in [0.25, 0.3) is 0 Å². The monoisotopic (exact) mass is 277 g/mol. The van der Waals surface area contributed by atoms with E-state index in [-0.39, 0.29) is 0 Å². The van der Waals surface area contributed by atoms with E-state index in [1.54, 1.807) is 0 Å². The first-order valence-electron chi connectivity index (χ1n) is 6.77. The maximum Gasteiger partial charge on any atom is 0.330 e. The van der Waals surface area contributed by atoms with Crippen molar-refractivity contribution in [1.29, 1.82) is 0 Å². The van der Waals surface area contributed by atoms with Crippen LogP contribution in [0.15, 0.2) is 72.8 Å². The molecule has 0 aromatic heterocycles. The van der Waals surface area contributed by atoms with E-state index in [9.17, 15) is 9.90 Å². The lowest BCUT2D eigenvalue weighted by atomic mass is 10.1. The number of hydrogen-bond acceptors (Lipinski definition) is 2. The Morgan fingerprint density at radius 2 is 1.52 bits per heavy atom. The van der Waals surface area contributed by atoms with Gasteiger partial charge in [0.15, 0.2) is 6.04 Å². The van der Waals surface area contributed by atoms with E-state index in [1.165, 1.54) is 0 Å². The third-order valence-electron chi connectivity index (χ3n) is 3.44. The third kappa shape index (κ3) is 2.87. The van der Waals surface area contributed by atoms with Gasteiger partial charge in [-0.1, -0.05) is 60.7 Å². The van der Waals surface area contributed by atoms with Crippen LogP contribution in [0, 0.1) is 0 Å². The van der Waals surface area contributed by atoms with Gasteiger partial charge in [0, 0.05) is 5.69 Å². The molecular weight excluding hydrogens is 262 g/mol. The number of carboxylic acids is 1. The molecule has 0 radical (unpaired) electrons. The van der Waals surface area contributed by atoms with Gasteiger partial charge < -0.3 is 10.4 Å². The summed E-state index contributed by atoms with van der Waals surface area (Å²) in [6, 6.07) is 22.3. The van der Waals surface area contributed by atoms with Crippen LogP contribution >= 0.6 is 0 Å². The standard InChI is InChI=1S/C18H15NO2/c20-18(21)17(14-7-2-1-3-8-14)19-16-11-10-13-6-4-5-9-15(13)12-16/h1-12,17,19H,(H,20,21). The Balaban J connectivity index is 1.93. The summed E-state index contributed by atoms with van der Waals surface area (Å²) < 4.78 is 0. The first-order valence-corrected chi connectivity index (χ1v) is 6.77.